The summed E-state index contributed by atoms with van der Waals surface area (Å²) < 4.78 is 71.7. The summed E-state index contributed by atoms with van der Waals surface area (Å²) in [6.07, 6.45) is -4.83. The van der Waals surface area contributed by atoms with Crippen LogP contribution in [0.2, 0.25) is 0 Å². The maximum Gasteiger partial charge on any atom is 0.416 e. The molecule has 1 unspecified atom stereocenters. The van der Waals surface area contributed by atoms with Crippen LogP contribution in [0.5, 0.6) is 0 Å². The van der Waals surface area contributed by atoms with E-state index in [1.54, 1.807) is 13.8 Å². The lowest BCUT2D eigenvalue weighted by atomic mass is 9.88. The summed E-state index contributed by atoms with van der Waals surface area (Å²) in [4.78, 5) is 14.0. The van der Waals surface area contributed by atoms with Crippen LogP contribution in [0.1, 0.15) is 58.6 Å². The molecule has 1 atom stereocenters. The fourth-order valence-electron chi connectivity index (χ4n) is 3.23. The number of carbonyl (C=O) groups is 1. The predicted molar refractivity (Wildman–Crippen MR) is 104 cm³/mol. The largest absolute Gasteiger partial charge is 0.449 e. The van der Waals surface area contributed by atoms with Gasteiger partial charge in [-0.15, -0.1) is 0 Å². The summed E-state index contributed by atoms with van der Waals surface area (Å²) >= 11 is 0. The molecule has 6 nitrogen and oxygen atoms in total. The zero-order valence-electron chi connectivity index (χ0n) is 17.2. The van der Waals surface area contributed by atoms with Gasteiger partial charge < -0.3 is 4.74 Å². The van der Waals surface area contributed by atoms with Crippen molar-refractivity contribution < 1.29 is 31.1 Å². The Morgan fingerprint density at radius 3 is 2.34 bits per heavy atom. The number of halogens is 3. The number of hydrogen-bond acceptors (Lipinski definition) is 4. The summed E-state index contributed by atoms with van der Waals surface area (Å²) in [6.45, 7) is 7.94. The minimum Gasteiger partial charge on any atom is -0.449 e. The highest BCUT2D eigenvalue weighted by atomic mass is 32.2. The van der Waals surface area contributed by atoms with Gasteiger partial charge in [0.1, 0.15) is 5.66 Å². The third-order valence-electron chi connectivity index (χ3n) is 5.05. The molecular weight excluding hydrogens is 409 g/mol. The number of nitrogens with zero attached hydrogens (tertiary/aromatic N) is 1. The maximum atomic E-state index is 13.1. The lowest BCUT2D eigenvalue weighted by Gasteiger charge is -2.47. The van der Waals surface area contributed by atoms with Gasteiger partial charge in [-0.2, -0.15) is 17.9 Å². The minimum absolute atomic E-state index is 0.0388. The Bertz CT molecular complexity index is 878. The van der Waals surface area contributed by atoms with E-state index in [4.69, 9.17) is 4.74 Å². The molecule has 1 heterocycles. The van der Waals surface area contributed by atoms with Crippen molar-refractivity contribution in [2.24, 2.45) is 0 Å². The molecule has 0 aromatic heterocycles. The average molecular weight is 436 g/mol. The zero-order valence-corrected chi connectivity index (χ0v) is 18.0. The fourth-order valence-corrected chi connectivity index (χ4v) is 4.38. The first-order chi connectivity index (χ1) is 13.2. The van der Waals surface area contributed by atoms with Gasteiger partial charge in [0.25, 0.3) is 0 Å². The van der Waals surface area contributed by atoms with Crippen molar-refractivity contribution in [1.29, 1.82) is 0 Å². The monoisotopic (exact) mass is 436 g/mol. The molecular formula is C19H27F3N2O4S. The van der Waals surface area contributed by atoms with Gasteiger partial charge in [0.15, 0.2) is 0 Å². The Morgan fingerprint density at radius 2 is 1.86 bits per heavy atom. The molecule has 1 amide bonds. The normalized spacial score (nSPS) is 20.3. The first kappa shape index (κ1) is 23.5. The smallest absolute Gasteiger partial charge is 0.416 e. The molecule has 0 bridgehead atoms. The van der Waals surface area contributed by atoms with Crippen molar-refractivity contribution in [3.05, 3.63) is 29.3 Å². The Balaban J connectivity index is 2.63. The lowest BCUT2D eigenvalue weighted by molar-refractivity contribution is -0.137. The lowest BCUT2D eigenvalue weighted by Crippen LogP contribution is -2.66. The van der Waals surface area contributed by atoms with E-state index in [9.17, 15) is 26.4 Å². The molecule has 1 N–H and O–H groups in total. The van der Waals surface area contributed by atoms with Gasteiger partial charge in [-0.1, -0.05) is 6.92 Å². The van der Waals surface area contributed by atoms with Crippen LogP contribution in [-0.2, 0) is 27.4 Å². The van der Waals surface area contributed by atoms with Gasteiger partial charge in [0.05, 0.1) is 22.6 Å². The van der Waals surface area contributed by atoms with Crippen molar-refractivity contribution in [1.82, 2.24) is 4.72 Å². The molecule has 1 aliphatic rings. The molecule has 0 fully saturated rings. The van der Waals surface area contributed by atoms with Gasteiger partial charge in [-0.05, 0) is 70.7 Å². The van der Waals surface area contributed by atoms with Gasteiger partial charge in [-0.3, -0.25) is 4.90 Å². The van der Waals surface area contributed by atoms with E-state index in [2.05, 4.69) is 4.72 Å². The summed E-state index contributed by atoms with van der Waals surface area (Å²) in [7, 11) is -3.86. The molecule has 1 aliphatic heterocycles. The first-order valence-electron chi connectivity index (χ1n) is 9.39. The predicted octanol–water partition coefficient (Wildman–Crippen LogP) is 4.44. The average Bonchev–Trinajstić information content (AvgIpc) is 2.59. The number of amides is 1. The van der Waals surface area contributed by atoms with E-state index in [1.165, 1.54) is 26.8 Å². The summed E-state index contributed by atoms with van der Waals surface area (Å²) in [5.74, 6) is 0. The number of fused-ring (bicyclic) bond motifs is 1. The number of ether oxygens (including phenoxy) is 1. The van der Waals surface area contributed by atoms with E-state index in [-0.39, 0.29) is 31.6 Å². The van der Waals surface area contributed by atoms with Crippen molar-refractivity contribution in [2.45, 2.75) is 70.5 Å². The van der Waals surface area contributed by atoms with Crippen molar-refractivity contribution in [2.75, 3.05) is 11.5 Å². The molecule has 29 heavy (non-hydrogen) atoms. The molecule has 164 valence electrons. The summed E-state index contributed by atoms with van der Waals surface area (Å²) in [6, 6.07) is 3.08. The number of anilines is 1. The molecule has 0 radical (unpaired) electrons. The quantitative estimate of drug-likeness (QED) is 0.757. The number of hydrogen-bond donors (Lipinski definition) is 1. The number of carbonyl (C=O) groups excluding carboxylic acids is 1. The van der Waals surface area contributed by atoms with Crippen LogP contribution in [-0.4, -0.2) is 31.5 Å². The molecule has 1 aromatic rings. The molecule has 0 spiro atoms. The highest BCUT2D eigenvalue weighted by Crippen LogP contribution is 2.41. The zero-order chi connectivity index (χ0) is 22.3. The molecule has 1 aromatic carbocycles. The van der Waals surface area contributed by atoms with Crippen molar-refractivity contribution >= 4 is 21.8 Å². The highest BCUT2D eigenvalue weighted by molar-refractivity contribution is 7.90. The second kappa shape index (κ2) is 7.79. The fraction of sp³-hybridized carbons (Fsp3) is 0.632. The number of rotatable bonds is 4. The van der Waals surface area contributed by atoms with Crippen LogP contribution in [0.3, 0.4) is 0 Å². The van der Waals surface area contributed by atoms with Crippen LogP contribution in [0, 0.1) is 0 Å². The number of nitrogens with one attached hydrogen (secondary N) is 1. The van der Waals surface area contributed by atoms with Crippen LogP contribution in [0.4, 0.5) is 23.7 Å². The Kier molecular flexibility index (Phi) is 6.30. The van der Waals surface area contributed by atoms with E-state index >= 15 is 0 Å². The van der Waals surface area contributed by atoms with E-state index in [1.807, 2.05) is 0 Å². The number of alkyl halides is 3. The van der Waals surface area contributed by atoms with Crippen LogP contribution < -0.4 is 9.62 Å². The molecule has 0 saturated carbocycles. The Hall–Kier alpha value is -1.81. The SMILES string of the molecule is CCOC(=O)N1c2ccc(C(F)(F)F)cc2CCC1(CC)NS(=O)(=O)C(C)(C)C. The first-order valence-corrected chi connectivity index (χ1v) is 10.9. The van der Waals surface area contributed by atoms with Crippen LogP contribution >= 0.6 is 0 Å². The van der Waals surface area contributed by atoms with Gasteiger partial charge >= 0.3 is 12.3 Å². The van der Waals surface area contributed by atoms with E-state index in [0.29, 0.717) is 5.56 Å². The van der Waals surface area contributed by atoms with E-state index in [0.717, 1.165) is 17.0 Å². The molecule has 0 aliphatic carbocycles. The summed E-state index contributed by atoms with van der Waals surface area (Å²) in [5.41, 5.74) is -1.64. The molecule has 10 heteroatoms. The highest BCUT2D eigenvalue weighted by Gasteiger charge is 2.48. The Labute approximate surface area is 169 Å². The number of aryl methyl sites for hydroxylation is 1. The second-order valence-corrected chi connectivity index (χ2v) is 10.4. The molecule has 0 saturated heterocycles. The third-order valence-corrected chi connectivity index (χ3v) is 7.31. The van der Waals surface area contributed by atoms with Gasteiger partial charge in [-0.25, -0.2) is 13.2 Å². The Morgan fingerprint density at radius 1 is 1.24 bits per heavy atom. The van der Waals surface area contributed by atoms with Gasteiger partial charge in [0.2, 0.25) is 10.0 Å². The minimum atomic E-state index is -4.52. The number of sulfonamides is 1. The van der Waals surface area contributed by atoms with Crippen molar-refractivity contribution in [3.8, 4) is 0 Å². The van der Waals surface area contributed by atoms with Crippen LogP contribution in [0.25, 0.3) is 0 Å². The van der Waals surface area contributed by atoms with Crippen LogP contribution in [0.15, 0.2) is 18.2 Å². The third kappa shape index (κ3) is 4.53. The standard InChI is InChI=1S/C19H27F3N2O4S/c1-6-18(23-29(26,27)17(3,4)5)11-10-13-12-14(19(20,21)22)8-9-15(13)24(18)16(25)28-7-2/h8-9,12,23H,6-7,10-11H2,1-5H3. The van der Waals surface area contributed by atoms with Gasteiger partial charge in [0, 0.05) is 0 Å². The van der Waals surface area contributed by atoms with E-state index < -0.39 is 38.3 Å². The maximum absolute atomic E-state index is 13.1. The van der Waals surface area contributed by atoms with Crippen molar-refractivity contribution in [3.63, 3.8) is 0 Å². The second-order valence-electron chi connectivity index (χ2n) is 7.98. The number of benzene rings is 1. The topological polar surface area (TPSA) is 75.7 Å². The summed E-state index contributed by atoms with van der Waals surface area (Å²) in [5, 5.41) is 0. The molecule has 2 rings (SSSR count).